The molecule has 0 radical (unpaired) electrons. The summed E-state index contributed by atoms with van der Waals surface area (Å²) in [6.45, 7) is 4.57. The Kier molecular flexibility index (Phi) is 5.82. The molecule has 2 amide bonds. The lowest BCUT2D eigenvalue weighted by Crippen LogP contribution is -2.39. The standard InChI is InChI=1S/C14H20ClN3O2/c1-9(2)7-17-13(19)8-18(3)14(20)11-6-10(16)4-5-12(11)15/h4-6,9H,7-8,16H2,1-3H3,(H,17,19). The van der Waals surface area contributed by atoms with E-state index in [9.17, 15) is 9.59 Å². The maximum atomic E-state index is 12.2. The van der Waals surface area contributed by atoms with Gasteiger partial charge in [-0.1, -0.05) is 25.4 Å². The van der Waals surface area contributed by atoms with E-state index in [1.54, 1.807) is 19.2 Å². The van der Waals surface area contributed by atoms with Crippen molar-refractivity contribution in [3.63, 3.8) is 0 Å². The normalized spacial score (nSPS) is 10.4. The van der Waals surface area contributed by atoms with Crippen molar-refractivity contribution in [3.05, 3.63) is 28.8 Å². The average Bonchev–Trinajstić information content (AvgIpc) is 2.38. The Labute approximate surface area is 124 Å². The molecule has 0 fully saturated rings. The van der Waals surface area contributed by atoms with E-state index in [1.165, 1.54) is 11.0 Å². The van der Waals surface area contributed by atoms with E-state index >= 15 is 0 Å². The van der Waals surface area contributed by atoms with Gasteiger partial charge in [-0.3, -0.25) is 9.59 Å². The van der Waals surface area contributed by atoms with Gasteiger partial charge < -0.3 is 16.0 Å². The van der Waals surface area contributed by atoms with Crippen LogP contribution in [0.1, 0.15) is 24.2 Å². The first kappa shape index (κ1) is 16.3. The van der Waals surface area contributed by atoms with Gasteiger partial charge in [0.1, 0.15) is 0 Å². The van der Waals surface area contributed by atoms with Crippen molar-refractivity contribution in [1.29, 1.82) is 0 Å². The molecule has 0 aromatic heterocycles. The highest BCUT2D eigenvalue weighted by Gasteiger charge is 2.17. The van der Waals surface area contributed by atoms with Gasteiger partial charge >= 0.3 is 0 Å². The Morgan fingerprint density at radius 2 is 2.05 bits per heavy atom. The number of nitrogens with one attached hydrogen (secondary N) is 1. The first-order valence-electron chi connectivity index (χ1n) is 6.38. The fraction of sp³-hybridized carbons (Fsp3) is 0.429. The number of halogens is 1. The Balaban J connectivity index is 2.67. The number of carbonyl (C=O) groups is 2. The van der Waals surface area contributed by atoms with Crippen molar-refractivity contribution in [2.24, 2.45) is 5.92 Å². The van der Waals surface area contributed by atoms with E-state index in [0.29, 0.717) is 28.7 Å². The van der Waals surface area contributed by atoms with Crippen LogP contribution in [0, 0.1) is 5.92 Å². The molecule has 0 unspecified atom stereocenters. The molecule has 5 nitrogen and oxygen atoms in total. The number of amides is 2. The number of nitrogens with zero attached hydrogens (tertiary/aromatic N) is 1. The predicted octanol–water partition coefficient (Wildman–Crippen LogP) is 1.77. The molecule has 3 N–H and O–H groups in total. The molecule has 110 valence electrons. The second-order valence-electron chi connectivity index (χ2n) is 5.10. The Morgan fingerprint density at radius 1 is 1.40 bits per heavy atom. The van der Waals surface area contributed by atoms with E-state index in [4.69, 9.17) is 17.3 Å². The minimum Gasteiger partial charge on any atom is -0.399 e. The molecule has 0 spiro atoms. The summed E-state index contributed by atoms with van der Waals surface area (Å²) < 4.78 is 0. The smallest absolute Gasteiger partial charge is 0.255 e. The molecule has 0 aliphatic rings. The molecule has 0 bridgehead atoms. The number of nitrogens with two attached hydrogens (primary N) is 1. The van der Waals surface area contributed by atoms with Crippen LogP contribution >= 0.6 is 11.6 Å². The van der Waals surface area contributed by atoms with Gasteiger partial charge in [-0.15, -0.1) is 0 Å². The van der Waals surface area contributed by atoms with E-state index < -0.39 is 0 Å². The lowest BCUT2D eigenvalue weighted by Gasteiger charge is -2.18. The molecule has 0 atom stereocenters. The summed E-state index contributed by atoms with van der Waals surface area (Å²) in [4.78, 5) is 25.2. The monoisotopic (exact) mass is 297 g/mol. The first-order valence-corrected chi connectivity index (χ1v) is 6.76. The van der Waals surface area contributed by atoms with Gasteiger partial charge in [0.2, 0.25) is 5.91 Å². The molecular formula is C14H20ClN3O2. The molecule has 6 heteroatoms. The summed E-state index contributed by atoms with van der Waals surface area (Å²) in [5, 5.41) is 3.07. The van der Waals surface area contributed by atoms with E-state index in [0.717, 1.165) is 0 Å². The number of anilines is 1. The number of hydrogen-bond acceptors (Lipinski definition) is 3. The highest BCUT2D eigenvalue weighted by atomic mass is 35.5. The zero-order valence-corrected chi connectivity index (χ0v) is 12.7. The van der Waals surface area contributed by atoms with Crippen LogP contribution in [0.2, 0.25) is 5.02 Å². The van der Waals surface area contributed by atoms with Crippen LogP contribution in [-0.4, -0.2) is 36.9 Å². The summed E-state index contributed by atoms with van der Waals surface area (Å²) in [6.07, 6.45) is 0. The quantitative estimate of drug-likeness (QED) is 0.813. The molecule has 20 heavy (non-hydrogen) atoms. The van der Waals surface area contributed by atoms with Gasteiger partial charge in [0, 0.05) is 19.3 Å². The third-order valence-corrected chi connectivity index (χ3v) is 2.99. The molecule has 0 aliphatic heterocycles. The lowest BCUT2D eigenvalue weighted by molar-refractivity contribution is -0.121. The fourth-order valence-electron chi connectivity index (χ4n) is 1.57. The number of benzene rings is 1. The summed E-state index contributed by atoms with van der Waals surface area (Å²) in [5.41, 5.74) is 6.39. The molecule has 1 rings (SSSR count). The maximum absolute atomic E-state index is 12.2. The topological polar surface area (TPSA) is 75.4 Å². The molecule has 0 aliphatic carbocycles. The zero-order chi connectivity index (χ0) is 15.3. The van der Waals surface area contributed by atoms with Gasteiger partial charge in [-0.05, 0) is 24.1 Å². The van der Waals surface area contributed by atoms with Gasteiger partial charge in [0.25, 0.3) is 5.91 Å². The van der Waals surface area contributed by atoms with Crippen molar-refractivity contribution < 1.29 is 9.59 Å². The van der Waals surface area contributed by atoms with Crippen molar-refractivity contribution in [2.45, 2.75) is 13.8 Å². The van der Waals surface area contributed by atoms with Crippen LogP contribution in [0.5, 0.6) is 0 Å². The minimum absolute atomic E-state index is 0.0172. The molecule has 0 heterocycles. The van der Waals surface area contributed by atoms with E-state index in [2.05, 4.69) is 5.32 Å². The number of hydrogen-bond donors (Lipinski definition) is 2. The Morgan fingerprint density at radius 3 is 2.65 bits per heavy atom. The van der Waals surface area contributed by atoms with Crippen LogP contribution in [0.3, 0.4) is 0 Å². The van der Waals surface area contributed by atoms with Crippen molar-refractivity contribution in [3.8, 4) is 0 Å². The SMILES string of the molecule is CC(C)CNC(=O)CN(C)C(=O)c1cc(N)ccc1Cl. The number of rotatable bonds is 5. The van der Waals surface area contributed by atoms with E-state index in [1.807, 2.05) is 13.8 Å². The van der Waals surface area contributed by atoms with Crippen molar-refractivity contribution in [2.75, 3.05) is 25.9 Å². The van der Waals surface area contributed by atoms with E-state index in [-0.39, 0.29) is 18.4 Å². The van der Waals surface area contributed by atoms with Crippen molar-refractivity contribution in [1.82, 2.24) is 10.2 Å². The van der Waals surface area contributed by atoms with Crippen LogP contribution in [0.4, 0.5) is 5.69 Å². The second kappa shape index (κ2) is 7.14. The number of carbonyl (C=O) groups excluding carboxylic acids is 2. The first-order chi connectivity index (χ1) is 9.31. The van der Waals surface area contributed by atoms with Crippen LogP contribution in [0.25, 0.3) is 0 Å². The fourth-order valence-corrected chi connectivity index (χ4v) is 1.77. The van der Waals surface area contributed by atoms with Gasteiger partial charge in [0.05, 0.1) is 17.1 Å². The van der Waals surface area contributed by atoms with Crippen LogP contribution < -0.4 is 11.1 Å². The minimum atomic E-state index is -0.331. The molecular weight excluding hydrogens is 278 g/mol. The summed E-state index contributed by atoms with van der Waals surface area (Å²) in [5.74, 6) is -0.167. The third kappa shape index (κ3) is 4.74. The Hall–Kier alpha value is -1.75. The van der Waals surface area contributed by atoms with Crippen LogP contribution in [-0.2, 0) is 4.79 Å². The number of likely N-dealkylation sites (N-methyl/N-ethyl adjacent to an activating group) is 1. The Bertz CT molecular complexity index is 503. The maximum Gasteiger partial charge on any atom is 0.255 e. The summed E-state index contributed by atoms with van der Waals surface area (Å²) in [6, 6.07) is 4.69. The van der Waals surface area contributed by atoms with Crippen molar-refractivity contribution >= 4 is 29.1 Å². The zero-order valence-electron chi connectivity index (χ0n) is 11.9. The molecule has 0 saturated carbocycles. The summed E-state index contributed by atoms with van der Waals surface area (Å²) in [7, 11) is 1.55. The second-order valence-corrected chi connectivity index (χ2v) is 5.51. The van der Waals surface area contributed by atoms with Gasteiger partial charge in [0.15, 0.2) is 0 Å². The van der Waals surface area contributed by atoms with Crippen LogP contribution in [0.15, 0.2) is 18.2 Å². The van der Waals surface area contributed by atoms with Gasteiger partial charge in [-0.25, -0.2) is 0 Å². The lowest BCUT2D eigenvalue weighted by atomic mass is 10.1. The predicted molar refractivity (Wildman–Crippen MR) is 80.7 cm³/mol. The third-order valence-electron chi connectivity index (χ3n) is 2.66. The molecule has 0 saturated heterocycles. The van der Waals surface area contributed by atoms with Gasteiger partial charge in [-0.2, -0.15) is 0 Å². The summed E-state index contributed by atoms with van der Waals surface area (Å²) >= 11 is 5.97. The molecule has 1 aromatic carbocycles. The molecule has 1 aromatic rings. The highest BCUT2D eigenvalue weighted by molar-refractivity contribution is 6.34. The average molecular weight is 298 g/mol. The number of nitrogen functional groups attached to an aromatic ring is 1. The largest absolute Gasteiger partial charge is 0.399 e. The highest BCUT2D eigenvalue weighted by Crippen LogP contribution is 2.20.